The van der Waals surface area contributed by atoms with Gasteiger partial charge in [0, 0.05) is 10.6 Å². The largest absolute Gasteiger partial charge is 0.459 e. The van der Waals surface area contributed by atoms with Gasteiger partial charge in [0.05, 0.1) is 12.0 Å². The number of rotatable bonds is 4. The molecule has 0 saturated carbocycles. The van der Waals surface area contributed by atoms with E-state index in [1.807, 2.05) is 25.1 Å². The summed E-state index contributed by atoms with van der Waals surface area (Å²) in [6.45, 7) is 1.90. The third kappa shape index (κ3) is 3.42. The number of hydrogen-bond donors (Lipinski definition) is 2. The summed E-state index contributed by atoms with van der Waals surface area (Å²) in [4.78, 5) is 24.1. The molecule has 1 aromatic carbocycles. The van der Waals surface area contributed by atoms with Gasteiger partial charge in [0.25, 0.3) is 5.91 Å². The van der Waals surface area contributed by atoms with Gasteiger partial charge in [-0.05, 0) is 30.7 Å². The fourth-order valence-electron chi connectivity index (χ4n) is 1.55. The number of furan rings is 1. The van der Waals surface area contributed by atoms with Gasteiger partial charge >= 0.3 is 0 Å². The second-order valence-corrected chi connectivity index (χ2v) is 5.15. The van der Waals surface area contributed by atoms with Gasteiger partial charge in [0.2, 0.25) is 5.91 Å². The molecule has 3 N–H and O–H groups in total. The van der Waals surface area contributed by atoms with Gasteiger partial charge in [-0.1, -0.05) is 12.1 Å². The zero-order valence-electron chi connectivity index (χ0n) is 10.9. The van der Waals surface area contributed by atoms with Crippen LogP contribution in [-0.2, 0) is 4.79 Å². The maximum Gasteiger partial charge on any atom is 0.293 e. The molecule has 0 spiro atoms. The zero-order chi connectivity index (χ0) is 14.5. The number of imide groups is 1. The summed E-state index contributed by atoms with van der Waals surface area (Å²) in [5, 5.41) is 2.25. The van der Waals surface area contributed by atoms with E-state index in [-0.39, 0.29) is 11.5 Å². The molecule has 0 aliphatic carbocycles. The predicted molar refractivity (Wildman–Crippen MR) is 77.5 cm³/mol. The molecule has 20 heavy (non-hydrogen) atoms. The number of aryl methyl sites for hydroxylation is 1. The van der Waals surface area contributed by atoms with Gasteiger partial charge < -0.3 is 10.2 Å². The molecule has 0 unspecified atom stereocenters. The molecule has 104 valence electrons. The summed E-state index contributed by atoms with van der Waals surface area (Å²) in [6.07, 6.45) is 1.38. The van der Waals surface area contributed by atoms with Crippen molar-refractivity contribution in [3.05, 3.63) is 47.9 Å². The number of para-hydroxylation sites is 1. The number of hydrogen-bond acceptors (Lipinski definition) is 5. The Hall–Kier alpha value is -2.21. The van der Waals surface area contributed by atoms with E-state index in [2.05, 4.69) is 5.32 Å². The Balaban J connectivity index is 1.89. The van der Waals surface area contributed by atoms with Crippen LogP contribution in [0.15, 0.2) is 45.9 Å². The standard InChI is InChI=1S/C14H14N2O3S/c1-9-4-2-6-11(13(9)15)20-8-12(17)16-14(18)10-5-3-7-19-10/h2-7H,8,15H2,1H3,(H,16,17,18). The molecule has 2 rings (SSSR count). The Labute approximate surface area is 120 Å². The summed E-state index contributed by atoms with van der Waals surface area (Å²) in [7, 11) is 0. The van der Waals surface area contributed by atoms with Crippen molar-refractivity contribution in [2.24, 2.45) is 0 Å². The molecular formula is C14H14N2O3S. The molecule has 5 nitrogen and oxygen atoms in total. The molecule has 0 radical (unpaired) electrons. The van der Waals surface area contributed by atoms with Gasteiger partial charge in [-0.25, -0.2) is 0 Å². The maximum atomic E-state index is 11.7. The molecule has 0 saturated heterocycles. The van der Waals surface area contributed by atoms with Crippen molar-refractivity contribution in [3.8, 4) is 0 Å². The van der Waals surface area contributed by atoms with Gasteiger partial charge in [-0.15, -0.1) is 11.8 Å². The average molecular weight is 290 g/mol. The second-order valence-electron chi connectivity index (χ2n) is 4.13. The van der Waals surface area contributed by atoms with Crippen LogP contribution < -0.4 is 11.1 Å². The molecule has 0 atom stereocenters. The van der Waals surface area contributed by atoms with Crippen LogP contribution in [0.2, 0.25) is 0 Å². The highest BCUT2D eigenvalue weighted by Crippen LogP contribution is 2.27. The minimum Gasteiger partial charge on any atom is -0.459 e. The normalized spacial score (nSPS) is 10.2. The SMILES string of the molecule is Cc1cccc(SCC(=O)NC(=O)c2ccco2)c1N. The lowest BCUT2D eigenvalue weighted by Crippen LogP contribution is -2.31. The van der Waals surface area contributed by atoms with Crippen LogP contribution in [0.3, 0.4) is 0 Å². The number of benzene rings is 1. The topological polar surface area (TPSA) is 85.3 Å². The summed E-state index contributed by atoms with van der Waals surface area (Å²) < 4.78 is 4.90. The Kier molecular flexibility index (Phi) is 4.47. The van der Waals surface area contributed by atoms with Crippen LogP contribution in [-0.4, -0.2) is 17.6 Å². The molecule has 6 heteroatoms. The van der Waals surface area contributed by atoms with Crippen molar-refractivity contribution in [1.82, 2.24) is 5.32 Å². The number of amides is 2. The Bertz CT molecular complexity index is 623. The minimum atomic E-state index is -0.544. The lowest BCUT2D eigenvalue weighted by molar-refractivity contribution is -0.117. The molecule has 0 bridgehead atoms. The number of thioether (sulfide) groups is 1. The quantitative estimate of drug-likeness (QED) is 0.666. The van der Waals surface area contributed by atoms with Crippen molar-refractivity contribution >= 4 is 29.3 Å². The second kappa shape index (κ2) is 6.29. The summed E-state index contributed by atoms with van der Waals surface area (Å²) in [6, 6.07) is 8.70. The van der Waals surface area contributed by atoms with E-state index in [0.29, 0.717) is 5.69 Å². The van der Waals surface area contributed by atoms with E-state index in [9.17, 15) is 9.59 Å². The summed E-state index contributed by atoms with van der Waals surface area (Å²) in [5.41, 5.74) is 7.53. The molecule has 0 fully saturated rings. The van der Waals surface area contributed by atoms with E-state index in [0.717, 1.165) is 10.5 Å². The van der Waals surface area contributed by atoms with Crippen molar-refractivity contribution < 1.29 is 14.0 Å². The third-order valence-corrected chi connectivity index (χ3v) is 3.71. The van der Waals surface area contributed by atoms with Crippen LogP contribution in [0.4, 0.5) is 5.69 Å². The van der Waals surface area contributed by atoms with E-state index in [1.165, 1.54) is 24.1 Å². The zero-order valence-corrected chi connectivity index (χ0v) is 11.7. The molecule has 2 amide bonds. The number of nitrogens with two attached hydrogens (primary N) is 1. The van der Waals surface area contributed by atoms with Gasteiger partial charge in [-0.2, -0.15) is 0 Å². The first-order valence-corrected chi connectivity index (χ1v) is 6.92. The molecule has 2 aromatic rings. The van der Waals surface area contributed by atoms with Crippen LogP contribution in [0.1, 0.15) is 16.1 Å². The highest BCUT2D eigenvalue weighted by molar-refractivity contribution is 8.00. The minimum absolute atomic E-state index is 0.110. The summed E-state index contributed by atoms with van der Waals surface area (Å²) in [5.74, 6) is -0.714. The van der Waals surface area contributed by atoms with E-state index in [1.54, 1.807) is 6.07 Å². The van der Waals surface area contributed by atoms with Gasteiger partial charge in [0.15, 0.2) is 5.76 Å². The van der Waals surface area contributed by atoms with E-state index >= 15 is 0 Å². The van der Waals surface area contributed by atoms with E-state index in [4.69, 9.17) is 10.2 Å². The lowest BCUT2D eigenvalue weighted by Gasteiger charge is -2.07. The number of nitrogens with one attached hydrogen (secondary N) is 1. The van der Waals surface area contributed by atoms with Crippen molar-refractivity contribution in [2.75, 3.05) is 11.5 Å². The van der Waals surface area contributed by atoms with Gasteiger partial charge in [-0.3, -0.25) is 14.9 Å². The highest BCUT2D eigenvalue weighted by Gasteiger charge is 2.13. The van der Waals surface area contributed by atoms with Crippen LogP contribution in [0.5, 0.6) is 0 Å². The first-order valence-electron chi connectivity index (χ1n) is 5.93. The average Bonchev–Trinajstić information content (AvgIpc) is 2.94. The van der Waals surface area contributed by atoms with E-state index < -0.39 is 11.8 Å². The van der Waals surface area contributed by atoms with Crippen molar-refractivity contribution in [3.63, 3.8) is 0 Å². The highest BCUT2D eigenvalue weighted by atomic mass is 32.2. The molecule has 0 aliphatic heterocycles. The van der Waals surface area contributed by atoms with Crippen LogP contribution in [0.25, 0.3) is 0 Å². The fraction of sp³-hybridized carbons (Fsp3) is 0.143. The number of anilines is 1. The number of nitrogen functional groups attached to an aromatic ring is 1. The smallest absolute Gasteiger partial charge is 0.293 e. The van der Waals surface area contributed by atoms with Crippen LogP contribution >= 0.6 is 11.8 Å². The first kappa shape index (κ1) is 14.2. The van der Waals surface area contributed by atoms with Crippen molar-refractivity contribution in [2.45, 2.75) is 11.8 Å². The molecule has 1 aromatic heterocycles. The van der Waals surface area contributed by atoms with Crippen molar-refractivity contribution in [1.29, 1.82) is 0 Å². The Morgan fingerprint density at radius 2 is 2.10 bits per heavy atom. The first-order chi connectivity index (χ1) is 9.58. The fourth-order valence-corrected chi connectivity index (χ4v) is 2.41. The maximum absolute atomic E-state index is 11.7. The number of carbonyl (C=O) groups excluding carboxylic acids is 2. The lowest BCUT2D eigenvalue weighted by atomic mass is 10.2. The number of carbonyl (C=O) groups is 2. The monoisotopic (exact) mass is 290 g/mol. The summed E-state index contributed by atoms with van der Waals surface area (Å²) >= 11 is 1.29. The Morgan fingerprint density at radius 1 is 1.30 bits per heavy atom. The molecule has 0 aliphatic rings. The predicted octanol–water partition coefficient (Wildman–Crippen LogP) is 2.22. The van der Waals surface area contributed by atoms with Crippen LogP contribution in [0, 0.1) is 6.92 Å². The van der Waals surface area contributed by atoms with Gasteiger partial charge in [0.1, 0.15) is 0 Å². The molecule has 1 heterocycles. The molecular weight excluding hydrogens is 276 g/mol. The third-order valence-electron chi connectivity index (χ3n) is 2.64. The Morgan fingerprint density at radius 3 is 2.80 bits per heavy atom.